The highest BCUT2D eigenvalue weighted by molar-refractivity contribution is 6.98. The molecule has 0 fully saturated rings. The van der Waals surface area contributed by atoms with Gasteiger partial charge in [-0.05, 0) is 112 Å². The zero-order chi connectivity index (χ0) is 41.2. The molecule has 9 heteroatoms. The fourth-order valence-electron chi connectivity index (χ4n) is 7.54. The summed E-state index contributed by atoms with van der Waals surface area (Å²) in [6.07, 6.45) is 7.16. The zero-order valence-corrected chi connectivity index (χ0v) is 34.9. The van der Waals surface area contributed by atoms with Gasteiger partial charge in [-0.2, -0.15) is 0 Å². The Kier molecular flexibility index (Phi) is 11.2. The molecule has 0 radical (unpaired) electrons. The van der Waals surface area contributed by atoms with Crippen LogP contribution in [0.4, 0.5) is 0 Å². The van der Waals surface area contributed by atoms with Gasteiger partial charge in [0, 0.05) is 49.1 Å². The molecule has 0 unspecified atom stereocenters. The lowest BCUT2D eigenvalue weighted by Gasteiger charge is -2.17. The molecule has 4 aromatic carbocycles. The summed E-state index contributed by atoms with van der Waals surface area (Å²) in [5, 5.41) is 0. The van der Waals surface area contributed by atoms with Crippen LogP contribution in [0.1, 0.15) is 101 Å². The summed E-state index contributed by atoms with van der Waals surface area (Å²) in [7, 11) is 0. The van der Waals surface area contributed by atoms with E-state index in [2.05, 4.69) is 102 Å². The van der Waals surface area contributed by atoms with E-state index in [4.69, 9.17) is 28.9 Å². The van der Waals surface area contributed by atoms with Crippen molar-refractivity contribution in [2.45, 2.75) is 79.1 Å². The number of ether oxygens (including phenoxy) is 4. The fraction of sp³-hybridized carbons (Fsp3) is 0.240. The summed E-state index contributed by atoms with van der Waals surface area (Å²) >= 11 is 0. The van der Waals surface area contributed by atoms with Crippen LogP contribution in [-0.2, 0) is 0 Å². The molecule has 1 aliphatic rings. The number of fused-ring (bicyclic) bond motifs is 3. The summed E-state index contributed by atoms with van der Waals surface area (Å²) in [6, 6.07) is 34.4. The van der Waals surface area contributed by atoms with Gasteiger partial charge >= 0.3 is 0 Å². The minimum atomic E-state index is -0.245. The molecule has 3 aromatic heterocycles. The first-order valence-electron chi connectivity index (χ1n) is 20.5. The average molecular weight is 781 g/mol. The highest BCUT2D eigenvalue weighted by atomic mass is 16.5. The summed E-state index contributed by atoms with van der Waals surface area (Å²) in [5.74, 6) is 6.46. The molecular formula is C50H49BN4O4. The molecule has 0 amide bonds. The second kappa shape index (κ2) is 16.8. The van der Waals surface area contributed by atoms with Crippen LogP contribution in [0.5, 0.6) is 46.3 Å². The predicted molar refractivity (Wildman–Crippen MR) is 237 cm³/mol. The highest BCUT2D eigenvalue weighted by Crippen LogP contribution is 2.39. The molecule has 7 aromatic rings. The van der Waals surface area contributed by atoms with E-state index >= 15 is 0 Å². The minimum Gasteiger partial charge on any atom is -0.457 e. The third-order valence-corrected chi connectivity index (χ3v) is 10.8. The fourth-order valence-corrected chi connectivity index (χ4v) is 7.54. The Hall–Kier alpha value is -6.48. The molecule has 0 aliphatic carbocycles. The Morgan fingerprint density at radius 2 is 0.831 bits per heavy atom. The molecular weight excluding hydrogens is 731 g/mol. The van der Waals surface area contributed by atoms with Crippen molar-refractivity contribution in [3.63, 3.8) is 0 Å². The maximum atomic E-state index is 6.75. The Labute approximate surface area is 347 Å². The molecule has 0 atom stereocenters. The van der Waals surface area contributed by atoms with Crippen molar-refractivity contribution in [2.24, 2.45) is 0 Å². The maximum Gasteiger partial charge on any atom is 0.291 e. The number of hydrogen-bond donors (Lipinski definition) is 0. The monoisotopic (exact) mass is 780 g/mol. The van der Waals surface area contributed by atoms with Gasteiger partial charge < -0.3 is 18.9 Å². The molecule has 0 N–H and O–H groups in total. The Morgan fingerprint density at radius 1 is 0.407 bits per heavy atom. The van der Waals surface area contributed by atoms with Crippen LogP contribution in [0.25, 0.3) is 11.1 Å². The van der Waals surface area contributed by atoms with Gasteiger partial charge in [0.2, 0.25) is 11.8 Å². The number of rotatable bonds is 13. The summed E-state index contributed by atoms with van der Waals surface area (Å²) in [5.41, 5.74) is 9.50. The van der Waals surface area contributed by atoms with E-state index in [1.807, 2.05) is 66.7 Å². The summed E-state index contributed by atoms with van der Waals surface area (Å²) in [4.78, 5) is 18.4. The smallest absolute Gasteiger partial charge is 0.291 e. The molecule has 0 bridgehead atoms. The quantitative estimate of drug-likeness (QED) is 0.107. The number of pyridine rings is 2. The number of benzene rings is 4. The van der Waals surface area contributed by atoms with Gasteiger partial charge in [0.25, 0.3) is 6.71 Å². The van der Waals surface area contributed by atoms with Gasteiger partial charge in [-0.3, -0.25) is 9.97 Å². The third kappa shape index (κ3) is 8.56. The molecule has 4 heterocycles. The van der Waals surface area contributed by atoms with E-state index in [1.54, 1.807) is 24.8 Å². The van der Waals surface area contributed by atoms with Crippen LogP contribution in [0, 0.1) is 0 Å². The highest BCUT2D eigenvalue weighted by Gasteiger charge is 2.37. The third-order valence-electron chi connectivity index (χ3n) is 10.8. The largest absolute Gasteiger partial charge is 0.457 e. The van der Waals surface area contributed by atoms with E-state index in [9.17, 15) is 0 Å². The number of aromatic nitrogens is 4. The predicted octanol–water partition coefficient (Wildman–Crippen LogP) is 11.4. The van der Waals surface area contributed by atoms with Gasteiger partial charge in [-0.25, -0.2) is 9.97 Å². The first kappa shape index (κ1) is 39.4. The number of hydrogen-bond acceptors (Lipinski definition) is 8. The SMILES string of the molecule is CC(C)c1ccnc(Oc2ccc(C(C)C)c(Oc3ccc4c(c3)B(c3ncccn3)c3cc(Oc5cc(Oc6cc(C(C)C)ccn6)ccc5C(C)C)ccc3-4)c2)c1. The average Bonchev–Trinajstić information content (AvgIpc) is 3.54. The molecule has 0 saturated carbocycles. The molecule has 1 aliphatic heterocycles. The standard InChI is InChI=1S/C50H49BN4O4/c1-30(2)34-18-22-52-48(24-34)58-38-10-14-40(32(5)6)46(28-38)56-36-12-16-42-43-17-13-37(27-45(43)51(44(42)26-36)50-54-20-9-21-55-50)57-47-29-39(11-15-41(47)33(7)8)59-49-25-35(31(3)4)19-23-53-49/h9-33H,1-8H3. The van der Waals surface area contributed by atoms with Gasteiger partial charge in [-0.15, -0.1) is 0 Å². The lowest BCUT2D eigenvalue weighted by atomic mass is 9.42. The molecule has 59 heavy (non-hydrogen) atoms. The van der Waals surface area contributed by atoms with Crippen LogP contribution in [-0.4, -0.2) is 26.6 Å². The van der Waals surface area contributed by atoms with Gasteiger partial charge in [-0.1, -0.05) is 90.6 Å². The molecule has 296 valence electrons. The van der Waals surface area contributed by atoms with Crippen LogP contribution < -0.4 is 35.6 Å². The Balaban J connectivity index is 1.11. The second-order valence-corrected chi connectivity index (χ2v) is 16.3. The molecule has 8 rings (SSSR count). The van der Waals surface area contributed by atoms with Gasteiger partial charge in [0.15, 0.2) is 0 Å². The Bertz CT molecular complexity index is 2450. The van der Waals surface area contributed by atoms with E-state index in [-0.39, 0.29) is 18.5 Å². The topological polar surface area (TPSA) is 88.5 Å². The van der Waals surface area contributed by atoms with Crippen LogP contribution >= 0.6 is 0 Å². The van der Waals surface area contributed by atoms with Crippen molar-refractivity contribution in [3.8, 4) is 57.4 Å². The van der Waals surface area contributed by atoms with E-state index < -0.39 is 0 Å². The van der Waals surface area contributed by atoms with Gasteiger partial charge in [0.1, 0.15) is 34.5 Å². The van der Waals surface area contributed by atoms with Crippen molar-refractivity contribution < 1.29 is 18.9 Å². The maximum absolute atomic E-state index is 6.75. The minimum absolute atomic E-state index is 0.222. The van der Waals surface area contributed by atoms with E-state index in [0.29, 0.717) is 52.3 Å². The Morgan fingerprint density at radius 3 is 1.25 bits per heavy atom. The van der Waals surface area contributed by atoms with Crippen LogP contribution in [0.3, 0.4) is 0 Å². The van der Waals surface area contributed by atoms with Crippen molar-refractivity contribution in [3.05, 3.63) is 150 Å². The second-order valence-electron chi connectivity index (χ2n) is 16.3. The summed E-state index contributed by atoms with van der Waals surface area (Å²) in [6.45, 7) is 17.0. The van der Waals surface area contributed by atoms with E-state index in [1.165, 1.54) is 11.1 Å². The molecule has 0 spiro atoms. The first-order chi connectivity index (χ1) is 28.5. The normalized spacial score (nSPS) is 12.0. The van der Waals surface area contributed by atoms with E-state index in [0.717, 1.165) is 44.7 Å². The molecule has 0 saturated heterocycles. The zero-order valence-electron chi connectivity index (χ0n) is 34.9. The van der Waals surface area contributed by atoms with Crippen LogP contribution in [0.2, 0.25) is 0 Å². The molecule has 8 nitrogen and oxygen atoms in total. The van der Waals surface area contributed by atoms with Crippen molar-refractivity contribution in [1.29, 1.82) is 0 Å². The summed E-state index contributed by atoms with van der Waals surface area (Å²) < 4.78 is 26.0. The number of nitrogens with zero attached hydrogens (tertiary/aromatic N) is 4. The lowest BCUT2D eigenvalue weighted by Crippen LogP contribution is -2.51. The van der Waals surface area contributed by atoms with Crippen molar-refractivity contribution >= 4 is 23.4 Å². The van der Waals surface area contributed by atoms with Gasteiger partial charge in [0.05, 0.1) is 5.72 Å². The van der Waals surface area contributed by atoms with Crippen LogP contribution in [0.15, 0.2) is 128 Å². The van der Waals surface area contributed by atoms with Crippen molar-refractivity contribution in [2.75, 3.05) is 0 Å². The first-order valence-corrected chi connectivity index (χ1v) is 20.5. The van der Waals surface area contributed by atoms with Crippen molar-refractivity contribution in [1.82, 2.24) is 19.9 Å². The lowest BCUT2D eigenvalue weighted by molar-refractivity contribution is 0.443.